The monoisotopic (exact) mass is 550 g/mol. The lowest BCUT2D eigenvalue weighted by Crippen LogP contribution is -2.38. The maximum Gasteiger partial charge on any atom is 0.269 e. The number of anilines is 1. The number of nitrogens with one attached hydrogen (secondary N) is 1. The number of carbonyl (C=O) groups excluding carboxylic acids is 1. The van der Waals surface area contributed by atoms with Crippen LogP contribution in [0, 0.1) is 10.1 Å². The molecule has 0 saturated carbocycles. The number of imidazole rings is 1. The number of hydrogen-bond donors (Lipinski definition) is 3. The van der Waals surface area contributed by atoms with Crippen LogP contribution >= 0.6 is 0 Å². The summed E-state index contributed by atoms with van der Waals surface area (Å²) >= 11 is 0. The van der Waals surface area contributed by atoms with Gasteiger partial charge in [0.25, 0.3) is 11.6 Å². The van der Waals surface area contributed by atoms with Gasteiger partial charge < -0.3 is 29.7 Å². The maximum atomic E-state index is 12.7. The molecule has 3 unspecified atom stereocenters. The van der Waals surface area contributed by atoms with Crippen molar-refractivity contribution in [2.75, 3.05) is 11.9 Å². The number of non-ortho nitro benzene ring substituents is 1. The number of rotatable bonds is 10. The van der Waals surface area contributed by atoms with Gasteiger partial charge in [0, 0.05) is 17.7 Å². The van der Waals surface area contributed by atoms with E-state index in [1.807, 2.05) is 0 Å². The van der Waals surface area contributed by atoms with E-state index < -0.39 is 42.4 Å². The number of nitrogens with zero attached hydrogens (tertiary/aromatic N) is 5. The number of hydrogen-bond acceptors (Lipinski definition) is 11. The summed E-state index contributed by atoms with van der Waals surface area (Å²) in [4.78, 5) is 35.9. The van der Waals surface area contributed by atoms with Crippen molar-refractivity contribution >= 4 is 28.6 Å². The summed E-state index contributed by atoms with van der Waals surface area (Å²) in [6.45, 7) is 1.27. The van der Waals surface area contributed by atoms with Gasteiger partial charge in [0.05, 0.1) is 24.5 Å². The minimum atomic E-state index is -1.21. The smallest absolute Gasteiger partial charge is 0.269 e. The molecule has 1 aliphatic heterocycles. The van der Waals surface area contributed by atoms with Crippen LogP contribution in [0.3, 0.4) is 0 Å². The van der Waals surface area contributed by atoms with Crippen LogP contribution in [0.25, 0.3) is 11.2 Å². The molecule has 2 aromatic carbocycles. The normalized spacial score (nSPS) is 21.4. The summed E-state index contributed by atoms with van der Waals surface area (Å²) in [6.07, 6.45) is -2.24. The fraction of sp³-hybridized carbons (Fsp3) is 0.308. The maximum absolute atomic E-state index is 12.7. The molecule has 1 saturated heterocycles. The standard InChI is InChI=1S/C26H26N6O8/c1-15(38-12-16-7-9-18(10-8-16)32(36)37)39-22-21(34)19(11-33)40-26(22)31-14-29-20-23(27-13-28-24(20)31)30-25(35)17-5-3-2-4-6-17/h2-10,13-15,19,21-22,26,33-34H,11-12H2,1H3,(H,27,28,30,35)/t15?,19-,21?,22?,26-/m1/s1. The Labute approximate surface area is 227 Å². The van der Waals surface area contributed by atoms with Gasteiger partial charge in [0.1, 0.15) is 24.6 Å². The number of aliphatic hydroxyl groups is 2. The molecule has 4 aromatic rings. The molecular formula is C26H26N6O8. The van der Waals surface area contributed by atoms with E-state index in [2.05, 4.69) is 20.3 Å². The van der Waals surface area contributed by atoms with Gasteiger partial charge >= 0.3 is 0 Å². The molecule has 1 amide bonds. The summed E-state index contributed by atoms with van der Waals surface area (Å²) in [5.41, 5.74) is 1.70. The van der Waals surface area contributed by atoms with Gasteiger partial charge in [-0.1, -0.05) is 18.2 Å². The zero-order valence-electron chi connectivity index (χ0n) is 21.2. The fourth-order valence-electron chi connectivity index (χ4n) is 4.33. The first-order chi connectivity index (χ1) is 19.4. The number of ether oxygens (including phenoxy) is 3. The van der Waals surface area contributed by atoms with Crippen molar-refractivity contribution in [2.24, 2.45) is 0 Å². The molecule has 1 fully saturated rings. The van der Waals surface area contributed by atoms with Gasteiger partial charge in [0.2, 0.25) is 0 Å². The van der Waals surface area contributed by atoms with Crippen LogP contribution in [0.15, 0.2) is 67.3 Å². The first-order valence-corrected chi connectivity index (χ1v) is 12.3. The fourth-order valence-corrected chi connectivity index (χ4v) is 4.33. The van der Waals surface area contributed by atoms with E-state index in [0.717, 1.165) is 0 Å². The highest BCUT2D eigenvalue weighted by Gasteiger charge is 2.46. The van der Waals surface area contributed by atoms with Crippen molar-refractivity contribution in [3.05, 3.63) is 88.5 Å². The third-order valence-corrected chi connectivity index (χ3v) is 6.37. The second-order valence-electron chi connectivity index (χ2n) is 9.01. The first-order valence-electron chi connectivity index (χ1n) is 12.3. The van der Waals surface area contributed by atoms with E-state index in [4.69, 9.17) is 14.2 Å². The number of nitro benzene ring substituents is 1. The van der Waals surface area contributed by atoms with E-state index >= 15 is 0 Å². The highest BCUT2D eigenvalue weighted by atomic mass is 16.7. The summed E-state index contributed by atoms with van der Waals surface area (Å²) in [5, 5.41) is 34.2. The number of benzene rings is 2. The minimum absolute atomic E-state index is 0.0312. The Bertz CT molecular complexity index is 1480. The number of carbonyl (C=O) groups is 1. The lowest BCUT2D eigenvalue weighted by molar-refractivity contribution is -0.384. The molecule has 14 heteroatoms. The molecule has 1 aliphatic rings. The van der Waals surface area contributed by atoms with Crippen LogP contribution in [0.4, 0.5) is 11.5 Å². The number of aliphatic hydroxyl groups excluding tert-OH is 2. The lowest BCUT2D eigenvalue weighted by Gasteiger charge is -2.25. The number of aromatic nitrogens is 4. The predicted octanol–water partition coefficient (Wildman–Crippen LogP) is 2.19. The van der Waals surface area contributed by atoms with Crippen molar-refractivity contribution in [1.82, 2.24) is 19.5 Å². The quantitative estimate of drug-likeness (QED) is 0.149. The van der Waals surface area contributed by atoms with Crippen molar-refractivity contribution in [3.8, 4) is 0 Å². The van der Waals surface area contributed by atoms with E-state index in [1.54, 1.807) is 49.4 Å². The predicted molar refractivity (Wildman–Crippen MR) is 139 cm³/mol. The molecule has 5 rings (SSSR count). The van der Waals surface area contributed by atoms with Crippen LogP contribution < -0.4 is 5.32 Å². The summed E-state index contributed by atoms with van der Waals surface area (Å²) < 4.78 is 19.2. The Morgan fingerprint density at radius 2 is 1.93 bits per heavy atom. The molecule has 208 valence electrons. The zero-order valence-corrected chi connectivity index (χ0v) is 21.2. The van der Waals surface area contributed by atoms with Gasteiger partial charge in [-0.25, -0.2) is 15.0 Å². The second-order valence-corrected chi connectivity index (χ2v) is 9.01. The highest BCUT2D eigenvalue weighted by molar-refractivity contribution is 6.06. The molecule has 3 N–H and O–H groups in total. The van der Waals surface area contributed by atoms with E-state index in [1.165, 1.54) is 29.4 Å². The molecule has 0 bridgehead atoms. The van der Waals surface area contributed by atoms with Crippen molar-refractivity contribution in [1.29, 1.82) is 0 Å². The third kappa shape index (κ3) is 5.66. The summed E-state index contributed by atoms with van der Waals surface area (Å²) in [5.74, 6) is -0.185. The topological polar surface area (TPSA) is 184 Å². The number of fused-ring (bicyclic) bond motifs is 1. The van der Waals surface area contributed by atoms with Crippen LogP contribution in [0.2, 0.25) is 0 Å². The molecule has 40 heavy (non-hydrogen) atoms. The zero-order chi connectivity index (χ0) is 28.2. The van der Waals surface area contributed by atoms with Gasteiger partial charge in [-0.2, -0.15) is 0 Å². The average Bonchev–Trinajstić information content (AvgIpc) is 3.53. The summed E-state index contributed by atoms with van der Waals surface area (Å²) in [6, 6.07) is 14.5. The van der Waals surface area contributed by atoms with Crippen molar-refractivity contribution in [2.45, 2.75) is 44.4 Å². The van der Waals surface area contributed by atoms with E-state index in [9.17, 15) is 25.1 Å². The number of amides is 1. The van der Waals surface area contributed by atoms with Gasteiger partial charge in [0.15, 0.2) is 29.5 Å². The minimum Gasteiger partial charge on any atom is -0.394 e. The second kappa shape index (κ2) is 11.8. The van der Waals surface area contributed by atoms with Crippen molar-refractivity contribution in [3.63, 3.8) is 0 Å². The highest BCUT2D eigenvalue weighted by Crippen LogP contribution is 2.35. The Balaban J connectivity index is 1.33. The average molecular weight is 551 g/mol. The molecule has 14 nitrogen and oxygen atoms in total. The lowest BCUT2D eigenvalue weighted by atomic mass is 10.1. The van der Waals surface area contributed by atoms with Gasteiger partial charge in [-0.05, 0) is 36.8 Å². The van der Waals surface area contributed by atoms with Gasteiger partial charge in [-0.15, -0.1) is 0 Å². The molecular weight excluding hydrogens is 524 g/mol. The van der Waals surface area contributed by atoms with Crippen molar-refractivity contribution < 1.29 is 34.1 Å². The van der Waals surface area contributed by atoms with Crippen LogP contribution in [0.5, 0.6) is 0 Å². The third-order valence-electron chi connectivity index (χ3n) is 6.37. The molecule has 0 spiro atoms. The largest absolute Gasteiger partial charge is 0.394 e. The summed E-state index contributed by atoms with van der Waals surface area (Å²) in [7, 11) is 0. The SMILES string of the molecule is CC(OCc1ccc([N+](=O)[O-])cc1)OC1C(O)[C@@H](CO)O[C@H]1n1cnc2c(NC(=O)c3ccccc3)ncnc21. The molecule has 5 atom stereocenters. The Hall–Kier alpha value is -4.34. The molecule has 0 aliphatic carbocycles. The number of nitro groups is 1. The van der Waals surface area contributed by atoms with E-state index in [0.29, 0.717) is 22.3 Å². The molecule has 2 aromatic heterocycles. The van der Waals surface area contributed by atoms with Crippen LogP contribution in [0.1, 0.15) is 29.1 Å². The first kappa shape index (κ1) is 27.2. The van der Waals surface area contributed by atoms with Gasteiger partial charge in [-0.3, -0.25) is 19.5 Å². The van der Waals surface area contributed by atoms with E-state index in [-0.39, 0.29) is 24.0 Å². The van der Waals surface area contributed by atoms with Crippen LogP contribution in [-0.4, -0.2) is 71.8 Å². The van der Waals surface area contributed by atoms with Crippen LogP contribution in [-0.2, 0) is 20.8 Å². The Morgan fingerprint density at radius 1 is 1.18 bits per heavy atom. The Morgan fingerprint density at radius 3 is 2.62 bits per heavy atom. The Kier molecular flexibility index (Phi) is 8.04. The molecule has 0 radical (unpaired) electrons. The molecule has 3 heterocycles.